The van der Waals surface area contributed by atoms with Crippen LogP contribution in [-0.4, -0.2) is 62.1 Å². The molecule has 4 N–H and O–H groups in total. The first-order valence-corrected chi connectivity index (χ1v) is 14.6. The number of carbonyl (C=O) groups excluding carboxylic acids is 2. The molecule has 2 aromatic carbocycles. The van der Waals surface area contributed by atoms with Crippen LogP contribution in [0.15, 0.2) is 107 Å². The van der Waals surface area contributed by atoms with Crippen molar-refractivity contribution in [3.8, 4) is 11.5 Å². The number of anilines is 2. The Morgan fingerprint density at radius 3 is 1.38 bits per heavy atom. The summed E-state index contributed by atoms with van der Waals surface area (Å²) in [7, 11) is 6.23. The number of methoxy groups -OCH3 is 2. The Bertz CT molecular complexity index is 1630. The van der Waals surface area contributed by atoms with Gasteiger partial charge in [-0.05, 0) is 59.7 Å². The zero-order chi connectivity index (χ0) is 34.1. The Hall–Kier alpha value is -6.44. The third-order valence-corrected chi connectivity index (χ3v) is 6.49. The van der Waals surface area contributed by atoms with Crippen molar-refractivity contribution in [3.05, 3.63) is 120 Å². The Morgan fingerprint density at radius 2 is 1.02 bits per heavy atom. The Kier molecular flexibility index (Phi) is 12.8. The molecule has 0 amide bonds. The van der Waals surface area contributed by atoms with Crippen molar-refractivity contribution in [1.82, 2.24) is 20.9 Å². The third kappa shape index (κ3) is 11.2. The standard InChI is InChI=1S/C34H36N8O6/c1-35-33(39-29-9-5-7-25(37-29)21-23-11-15-27(45-3)16-12-23)41-47-31(43)19-20-32(44)48-42-34(36-2)40-30-10-6-8-26(38-30)22-24-13-17-28(46-4)18-14-24/h5-20H,21-22H2,1-4H3,(H2,35,37,39,41)(H2,36,38,40,42)/b20-19-. The van der Waals surface area contributed by atoms with Gasteiger partial charge in [0.1, 0.15) is 23.1 Å². The lowest BCUT2D eigenvalue weighted by Crippen LogP contribution is -2.33. The van der Waals surface area contributed by atoms with Gasteiger partial charge in [0.05, 0.1) is 14.2 Å². The molecular weight excluding hydrogens is 616 g/mol. The van der Waals surface area contributed by atoms with Crippen LogP contribution in [0.4, 0.5) is 11.6 Å². The van der Waals surface area contributed by atoms with Crippen LogP contribution in [0.5, 0.6) is 11.5 Å². The summed E-state index contributed by atoms with van der Waals surface area (Å²) < 4.78 is 10.4. The second kappa shape index (κ2) is 17.9. The average molecular weight is 653 g/mol. The Balaban J connectivity index is 1.20. The molecule has 0 unspecified atom stereocenters. The van der Waals surface area contributed by atoms with E-state index in [1.54, 1.807) is 26.4 Å². The number of rotatable bonds is 10. The molecule has 0 aliphatic heterocycles. The number of hydroxylamine groups is 2. The van der Waals surface area contributed by atoms with Crippen LogP contribution in [0.3, 0.4) is 0 Å². The van der Waals surface area contributed by atoms with Crippen LogP contribution in [0.2, 0.25) is 0 Å². The molecule has 14 heteroatoms. The maximum atomic E-state index is 12.2. The molecule has 0 aliphatic rings. The first-order valence-electron chi connectivity index (χ1n) is 14.6. The number of hydrogen-bond acceptors (Lipinski definition) is 10. The minimum absolute atomic E-state index is 0.117. The third-order valence-electron chi connectivity index (χ3n) is 6.49. The molecule has 0 aliphatic carbocycles. The summed E-state index contributed by atoms with van der Waals surface area (Å²) in [5.41, 5.74) is 8.58. The minimum atomic E-state index is -0.878. The molecule has 0 saturated carbocycles. The SMILES string of the molecule is CN=C(NOC(=O)/C=C\C(=O)ONC(=NC)Nc1cccc(Cc2ccc(OC)cc2)n1)Nc1cccc(Cc2ccc(OC)cc2)n1. The topological polar surface area (TPSA) is 170 Å². The molecule has 2 heterocycles. The number of aliphatic imine (C=N–C) groups is 2. The van der Waals surface area contributed by atoms with Gasteiger partial charge in [-0.3, -0.25) is 9.98 Å². The Labute approximate surface area is 277 Å². The van der Waals surface area contributed by atoms with Crippen molar-refractivity contribution in [2.75, 3.05) is 38.9 Å². The average Bonchev–Trinajstić information content (AvgIpc) is 3.11. The van der Waals surface area contributed by atoms with Gasteiger partial charge in [-0.1, -0.05) is 36.4 Å². The number of benzene rings is 2. The lowest BCUT2D eigenvalue weighted by molar-refractivity contribution is -0.144. The summed E-state index contributed by atoms with van der Waals surface area (Å²) in [5, 5.41) is 5.89. The summed E-state index contributed by atoms with van der Waals surface area (Å²) in [6.07, 6.45) is 2.98. The molecule has 0 spiro atoms. The fourth-order valence-electron chi connectivity index (χ4n) is 4.10. The first kappa shape index (κ1) is 34.4. The highest BCUT2D eigenvalue weighted by Crippen LogP contribution is 2.16. The fourth-order valence-corrected chi connectivity index (χ4v) is 4.10. The second-order valence-corrected chi connectivity index (χ2v) is 9.85. The number of aromatic nitrogens is 2. The lowest BCUT2D eigenvalue weighted by Gasteiger charge is -2.11. The number of nitrogens with one attached hydrogen (secondary N) is 4. The number of hydrogen-bond donors (Lipinski definition) is 4. The van der Waals surface area contributed by atoms with Gasteiger partial charge >= 0.3 is 11.9 Å². The van der Waals surface area contributed by atoms with E-state index in [1.807, 2.05) is 72.8 Å². The predicted molar refractivity (Wildman–Crippen MR) is 182 cm³/mol. The van der Waals surface area contributed by atoms with E-state index in [9.17, 15) is 9.59 Å². The molecule has 48 heavy (non-hydrogen) atoms. The van der Waals surface area contributed by atoms with Crippen molar-refractivity contribution in [3.63, 3.8) is 0 Å². The smallest absolute Gasteiger partial charge is 0.356 e. The van der Waals surface area contributed by atoms with Gasteiger partial charge in [-0.15, -0.1) is 0 Å². The van der Waals surface area contributed by atoms with Crippen molar-refractivity contribution in [2.45, 2.75) is 12.8 Å². The molecule has 14 nitrogen and oxygen atoms in total. The monoisotopic (exact) mass is 652 g/mol. The molecule has 0 bridgehead atoms. The van der Waals surface area contributed by atoms with Crippen molar-refractivity contribution < 1.29 is 28.7 Å². The summed E-state index contributed by atoms with van der Waals surface area (Å²) in [4.78, 5) is 51.5. The summed E-state index contributed by atoms with van der Waals surface area (Å²) >= 11 is 0. The van der Waals surface area contributed by atoms with Crippen LogP contribution in [0, 0.1) is 0 Å². The van der Waals surface area contributed by atoms with Crippen LogP contribution in [0.1, 0.15) is 22.5 Å². The van der Waals surface area contributed by atoms with Crippen molar-refractivity contribution in [2.24, 2.45) is 9.98 Å². The summed E-state index contributed by atoms with van der Waals surface area (Å²) in [5.74, 6) is 1.000. The van der Waals surface area contributed by atoms with Crippen molar-refractivity contribution in [1.29, 1.82) is 0 Å². The molecular formula is C34H36N8O6. The van der Waals surface area contributed by atoms with Crippen molar-refractivity contribution >= 4 is 35.5 Å². The summed E-state index contributed by atoms with van der Waals surface area (Å²) in [6.45, 7) is 0. The molecule has 0 saturated heterocycles. The predicted octanol–water partition coefficient (Wildman–Crippen LogP) is 3.82. The molecule has 0 fully saturated rings. The first-order chi connectivity index (χ1) is 23.4. The van der Waals surface area contributed by atoms with E-state index in [4.69, 9.17) is 19.1 Å². The van der Waals surface area contributed by atoms with Gasteiger partial charge in [-0.2, -0.15) is 11.0 Å². The molecule has 248 valence electrons. The number of ether oxygens (including phenoxy) is 2. The van der Waals surface area contributed by atoms with E-state index >= 15 is 0 Å². The summed E-state index contributed by atoms with van der Waals surface area (Å²) in [6, 6.07) is 26.4. The van der Waals surface area contributed by atoms with Gasteiger partial charge in [0.2, 0.25) is 11.9 Å². The van der Waals surface area contributed by atoms with E-state index in [-0.39, 0.29) is 11.9 Å². The van der Waals surface area contributed by atoms with Crippen LogP contribution < -0.4 is 31.1 Å². The van der Waals surface area contributed by atoms with Gasteiger partial charge in [0, 0.05) is 50.5 Å². The van der Waals surface area contributed by atoms with Gasteiger partial charge in [0.25, 0.3) is 0 Å². The largest absolute Gasteiger partial charge is 0.497 e. The highest BCUT2D eigenvalue weighted by Gasteiger charge is 2.09. The molecule has 4 aromatic rings. The maximum Gasteiger partial charge on any atom is 0.356 e. The molecule has 0 radical (unpaired) electrons. The number of pyridine rings is 2. The van der Waals surface area contributed by atoms with E-state index in [1.165, 1.54) is 14.1 Å². The number of nitrogens with zero attached hydrogens (tertiary/aromatic N) is 4. The van der Waals surface area contributed by atoms with Gasteiger partial charge in [0.15, 0.2) is 0 Å². The fraction of sp³-hybridized carbons (Fsp3) is 0.176. The second-order valence-electron chi connectivity index (χ2n) is 9.85. The normalized spacial score (nSPS) is 11.4. The van der Waals surface area contributed by atoms with Gasteiger partial charge in [-0.25, -0.2) is 19.6 Å². The molecule has 0 atom stereocenters. The zero-order valence-electron chi connectivity index (χ0n) is 26.9. The molecule has 4 rings (SSSR count). The quantitative estimate of drug-likeness (QED) is 0.0847. The maximum absolute atomic E-state index is 12.2. The number of carbonyl (C=O) groups is 2. The zero-order valence-corrected chi connectivity index (χ0v) is 26.9. The van der Waals surface area contributed by atoms with Crippen LogP contribution >= 0.6 is 0 Å². The molecule has 2 aromatic heterocycles. The lowest BCUT2D eigenvalue weighted by atomic mass is 10.1. The van der Waals surface area contributed by atoms with Gasteiger partial charge < -0.3 is 29.8 Å². The highest BCUT2D eigenvalue weighted by atomic mass is 16.7. The van der Waals surface area contributed by atoms with E-state index in [2.05, 4.69) is 41.5 Å². The Morgan fingerprint density at radius 1 is 0.625 bits per heavy atom. The number of guanidine groups is 2. The minimum Gasteiger partial charge on any atom is -0.497 e. The van der Waals surface area contributed by atoms with Crippen LogP contribution in [-0.2, 0) is 32.1 Å². The van der Waals surface area contributed by atoms with E-state index in [0.29, 0.717) is 24.5 Å². The van der Waals surface area contributed by atoms with E-state index in [0.717, 1.165) is 46.2 Å². The van der Waals surface area contributed by atoms with E-state index < -0.39 is 11.9 Å². The highest BCUT2D eigenvalue weighted by molar-refractivity contribution is 5.96. The van der Waals surface area contributed by atoms with Crippen LogP contribution in [0.25, 0.3) is 0 Å².